The Morgan fingerprint density at radius 1 is 1.38 bits per heavy atom. The van der Waals surface area contributed by atoms with Crippen molar-refractivity contribution in [2.45, 2.75) is 25.3 Å². The second-order valence-electron chi connectivity index (χ2n) is 3.85. The number of piperidine rings is 1. The van der Waals surface area contributed by atoms with Gasteiger partial charge in [0, 0.05) is 18.2 Å². The fraction of sp³-hybridized carbons (Fsp3) is 0.455. The van der Waals surface area contributed by atoms with Crippen LogP contribution in [0.25, 0.3) is 0 Å². The Hall–Kier alpha value is -1.13. The zero-order chi connectivity index (χ0) is 10.7. The first-order valence-electron chi connectivity index (χ1n) is 5.25. The predicted octanol–water partition coefficient (Wildman–Crippen LogP) is 2.83. The lowest BCUT2D eigenvalue weighted by Crippen LogP contribution is -2.26. The molecule has 0 saturated carbocycles. The first-order valence-corrected chi connectivity index (χ1v) is 5.25. The molecule has 1 aromatic rings. The summed E-state index contributed by atoms with van der Waals surface area (Å²) in [5.74, 6) is 0. The quantitative estimate of drug-likeness (QED) is 0.641. The molecule has 88 valence electrons. The van der Waals surface area contributed by atoms with Gasteiger partial charge in [-0.2, -0.15) is 0 Å². The molecule has 0 amide bonds. The Morgan fingerprint density at radius 2 is 2.19 bits per heavy atom. The number of nitro groups is 1. The molecule has 0 aliphatic carbocycles. The summed E-state index contributed by atoms with van der Waals surface area (Å²) in [5, 5.41) is 14.0. The number of nitrogens with zero attached hydrogens (tertiary/aromatic N) is 1. The van der Waals surface area contributed by atoms with Crippen LogP contribution in [0.15, 0.2) is 24.3 Å². The highest BCUT2D eigenvalue weighted by Crippen LogP contribution is 2.25. The molecule has 0 radical (unpaired) electrons. The fourth-order valence-electron chi connectivity index (χ4n) is 1.99. The Morgan fingerprint density at radius 3 is 2.81 bits per heavy atom. The van der Waals surface area contributed by atoms with Crippen LogP contribution in [-0.4, -0.2) is 11.5 Å². The molecule has 1 aliphatic rings. The van der Waals surface area contributed by atoms with E-state index in [4.69, 9.17) is 0 Å². The maximum Gasteiger partial charge on any atom is 0.269 e. The summed E-state index contributed by atoms with van der Waals surface area (Å²) in [6.07, 6.45) is 3.47. The maximum absolute atomic E-state index is 10.6. The predicted molar refractivity (Wildman–Crippen MR) is 64.9 cm³/mol. The Bertz CT molecular complexity index is 365. The van der Waals surface area contributed by atoms with Gasteiger partial charge >= 0.3 is 0 Å². The summed E-state index contributed by atoms with van der Waals surface area (Å²) >= 11 is 0. The van der Waals surface area contributed by atoms with E-state index < -0.39 is 0 Å². The average Bonchev–Trinajstić information content (AvgIpc) is 2.30. The van der Waals surface area contributed by atoms with Crippen LogP contribution < -0.4 is 5.32 Å². The van der Waals surface area contributed by atoms with E-state index in [0.717, 1.165) is 18.5 Å². The number of benzene rings is 1. The lowest BCUT2D eigenvalue weighted by molar-refractivity contribution is -0.384. The summed E-state index contributed by atoms with van der Waals surface area (Å²) in [7, 11) is 0. The second-order valence-corrected chi connectivity index (χ2v) is 3.85. The maximum atomic E-state index is 10.6. The van der Waals surface area contributed by atoms with Crippen molar-refractivity contribution >= 4 is 18.1 Å². The molecular formula is C11H15ClN2O2. The van der Waals surface area contributed by atoms with Crippen LogP contribution in [0.4, 0.5) is 5.69 Å². The largest absolute Gasteiger partial charge is 0.310 e. The van der Waals surface area contributed by atoms with Crippen LogP contribution >= 0.6 is 12.4 Å². The Kier molecular flexibility index (Phi) is 4.71. The second kappa shape index (κ2) is 5.82. The van der Waals surface area contributed by atoms with Gasteiger partial charge in [-0.15, -0.1) is 12.4 Å². The molecule has 1 aromatic carbocycles. The van der Waals surface area contributed by atoms with Gasteiger partial charge in [-0.1, -0.05) is 18.6 Å². The molecule has 1 aliphatic heterocycles. The molecule has 1 heterocycles. The first kappa shape index (κ1) is 12.9. The first-order chi connectivity index (χ1) is 7.27. The minimum absolute atomic E-state index is 0. The van der Waals surface area contributed by atoms with Gasteiger partial charge in [-0.05, 0) is 24.9 Å². The van der Waals surface area contributed by atoms with Crippen LogP contribution in [0.2, 0.25) is 0 Å². The molecule has 2 rings (SSSR count). The van der Waals surface area contributed by atoms with Gasteiger partial charge in [-0.3, -0.25) is 10.1 Å². The monoisotopic (exact) mass is 242 g/mol. The number of rotatable bonds is 2. The van der Waals surface area contributed by atoms with Gasteiger partial charge in [-0.25, -0.2) is 0 Å². The van der Waals surface area contributed by atoms with Crippen LogP contribution in [0.1, 0.15) is 30.9 Å². The van der Waals surface area contributed by atoms with Crippen molar-refractivity contribution in [1.82, 2.24) is 5.32 Å². The lowest BCUT2D eigenvalue weighted by Gasteiger charge is -2.23. The fourth-order valence-corrected chi connectivity index (χ4v) is 1.99. The van der Waals surface area contributed by atoms with Gasteiger partial charge in [0.1, 0.15) is 0 Å². The highest BCUT2D eigenvalue weighted by atomic mass is 35.5. The van der Waals surface area contributed by atoms with E-state index in [1.165, 1.54) is 18.9 Å². The van der Waals surface area contributed by atoms with E-state index >= 15 is 0 Å². The van der Waals surface area contributed by atoms with Gasteiger partial charge in [0.05, 0.1) is 4.92 Å². The van der Waals surface area contributed by atoms with Crippen molar-refractivity contribution < 1.29 is 4.92 Å². The molecule has 16 heavy (non-hydrogen) atoms. The van der Waals surface area contributed by atoms with Crippen molar-refractivity contribution in [3.05, 3.63) is 39.9 Å². The molecule has 1 N–H and O–H groups in total. The summed E-state index contributed by atoms with van der Waals surface area (Å²) in [6.45, 7) is 1.01. The average molecular weight is 243 g/mol. The van der Waals surface area contributed by atoms with Crippen LogP contribution in [0.5, 0.6) is 0 Å². The lowest BCUT2D eigenvalue weighted by atomic mass is 9.97. The van der Waals surface area contributed by atoms with Gasteiger partial charge in [0.2, 0.25) is 0 Å². The number of nitro benzene ring substituents is 1. The topological polar surface area (TPSA) is 55.2 Å². The van der Waals surface area contributed by atoms with Crippen molar-refractivity contribution in [2.75, 3.05) is 6.54 Å². The zero-order valence-electron chi connectivity index (χ0n) is 8.89. The zero-order valence-corrected chi connectivity index (χ0v) is 9.70. The van der Waals surface area contributed by atoms with E-state index in [1.54, 1.807) is 12.1 Å². The molecule has 0 bridgehead atoms. The number of halogens is 1. The SMILES string of the molecule is Cl.O=[N+]([O-])c1cccc([C@H]2CCCCN2)c1. The summed E-state index contributed by atoms with van der Waals surface area (Å²) in [4.78, 5) is 10.3. The summed E-state index contributed by atoms with van der Waals surface area (Å²) < 4.78 is 0. The number of non-ortho nitro benzene ring substituents is 1. The van der Waals surface area contributed by atoms with Crippen LogP contribution in [-0.2, 0) is 0 Å². The Labute approximate surface area is 101 Å². The van der Waals surface area contributed by atoms with Crippen molar-refractivity contribution in [2.24, 2.45) is 0 Å². The Balaban J connectivity index is 0.00000128. The van der Waals surface area contributed by atoms with Gasteiger partial charge in [0.25, 0.3) is 5.69 Å². The minimum Gasteiger partial charge on any atom is -0.310 e. The van der Waals surface area contributed by atoms with E-state index in [1.807, 2.05) is 6.07 Å². The molecular weight excluding hydrogens is 228 g/mol. The van der Waals surface area contributed by atoms with E-state index in [9.17, 15) is 10.1 Å². The van der Waals surface area contributed by atoms with Crippen molar-refractivity contribution in [3.8, 4) is 0 Å². The molecule has 0 unspecified atom stereocenters. The molecule has 1 saturated heterocycles. The molecule has 1 fully saturated rings. The number of hydrogen-bond acceptors (Lipinski definition) is 3. The smallest absolute Gasteiger partial charge is 0.269 e. The molecule has 0 spiro atoms. The third-order valence-electron chi connectivity index (χ3n) is 2.79. The van der Waals surface area contributed by atoms with Crippen molar-refractivity contribution in [3.63, 3.8) is 0 Å². The van der Waals surface area contributed by atoms with Gasteiger partial charge < -0.3 is 5.32 Å². The van der Waals surface area contributed by atoms with E-state index in [0.29, 0.717) is 6.04 Å². The third-order valence-corrected chi connectivity index (χ3v) is 2.79. The molecule has 0 aromatic heterocycles. The van der Waals surface area contributed by atoms with E-state index in [-0.39, 0.29) is 23.0 Å². The highest BCUT2D eigenvalue weighted by Gasteiger charge is 2.16. The third kappa shape index (κ3) is 2.93. The molecule has 5 heteroatoms. The number of nitrogens with one attached hydrogen (secondary N) is 1. The number of hydrogen-bond donors (Lipinski definition) is 1. The van der Waals surface area contributed by atoms with Crippen LogP contribution in [0.3, 0.4) is 0 Å². The van der Waals surface area contributed by atoms with E-state index in [2.05, 4.69) is 5.32 Å². The minimum atomic E-state index is -0.341. The molecule has 1 atom stereocenters. The molecule has 4 nitrogen and oxygen atoms in total. The standard InChI is InChI=1S/C11H14N2O2.ClH/c14-13(15)10-5-3-4-9(8-10)11-6-1-2-7-12-11;/h3-5,8,11-12H,1-2,6-7H2;1H/t11-;/m1./s1. The summed E-state index contributed by atoms with van der Waals surface area (Å²) in [6, 6.07) is 7.20. The highest BCUT2D eigenvalue weighted by molar-refractivity contribution is 5.85. The van der Waals surface area contributed by atoms with Crippen molar-refractivity contribution in [1.29, 1.82) is 0 Å². The normalized spacial score (nSPS) is 19.9. The van der Waals surface area contributed by atoms with Crippen LogP contribution in [0, 0.1) is 10.1 Å². The van der Waals surface area contributed by atoms with Gasteiger partial charge in [0.15, 0.2) is 0 Å². The summed E-state index contributed by atoms with van der Waals surface area (Å²) in [5.41, 5.74) is 1.21.